The average Bonchev–Trinajstić information content (AvgIpc) is 3.12. The van der Waals surface area contributed by atoms with Crippen LogP contribution in [0, 0.1) is 5.92 Å². The zero-order valence-corrected chi connectivity index (χ0v) is 20.0. The van der Waals surface area contributed by atoms with Crippen molar-refractivity contribution in [2.45, 2.75) is 78.8 Å². The van der Waals surface area contributed by atoms with Gasteiger partial charge in [-0.2, -0.15) is 5.10 Å². The molecule has 3 rings (SSSR count). The van der Waals surface area contributed by atoms with Crippen molar-refractivity contribution in [3.8, 4) is 0 Å². The first-order valence-electron chi connectivity index (χ1n) is 11.3. The summed E-state index contributed by atoms with van der Waals surface area (Å²) < 4.78 is 1.72. The van der Waals surface area contributed by atoms with Crippen molar-refractivity contribution in [2.24, 2.45) is 5.92 Å². The molecule has 0 radical (unpaired) electrons. The molecule has 0 aliphatic carbocycles. The van der Waals surface area contributed by atoms with Crippen LogP contribution in [0.5, 0.6) is 0 Å². The van der Waals surface area contributed by atoms with Crippen molar-refractivity contribution in [3.05, 3.63) is 47.3 Å². The predicted molar refractivity (Wildman–Crippen MR) is 124 cm³/mol. The van der Waals surface area contributed by atoms with Crippen LogP contribution in [0.4, 0.5) is 5.69 Å². The van der Waals surface area contributed by atoms with Crippen LogP contribution < -0.4 is 10.2 Å². The normalized spacial score (nSPS) is 19.0. The van der Waals surface area contributed by atoms with Gasteiger partial charge in [0.25, 0.3) is 5.91 Å². The van der Waals surface area contributed by atoms with E-state index in [-0.39, 0.29) is 17.2 Å². The van der Waals surface area contributed by atoms with Gasteiger partial charge < -0.3 is 5.32 Å². The van der Waals surface area contributed by atoms with Crippen molar-refractivity contribution >= 4 is 17.5 Å². The van der Waals surface area contributed by atoms with Crippen LogP contribution in [0.25, 0.3) is 0 Å². The molecular formula is C25H36N4O2. The van der Waals surface area contributed by atoms with Gasteiger partial charge in [0.05, 0.1) is 12.2 Å². The molecule has 0 saturated heterocycles. The molecule has 1 aromatic heterocycles. The van der Waals surface area contributed by atoms with Gasteiger partial charge in [-0.15, -0.1) is 0 Å². The molecule has 1 N–H and O–H groups in total. The second kappa shape index (κ2) is 8.48. The lowest BCUT2D eigenvalue weighted by atomic mass is 9.91. The van der Waals surface area contributed by atoms with Crippen LogP contribution in [0.15, 0.2) is 30.3 Å². The minimum Gasteiger partial charge on any atom is -0.354 e. The Kier molecular flexibility index (Phi) is 6.30. The minimum atomic E-state index is -1.08. The molecule has 31 heavy (non-hydrogen) atoms. The van der Waals surface area contributed by atoms with Gasteiger partial charge in [0, 0.05) is 17.6 Å². The zero-order chi connectivity index (χ0) is 23.0. The molecule has 168 valence electrons. The third kappa shape index (κ3) is 4.39. The van der Waals surface area contributed by atoms with E-state index in [4.69, 9.17) is 5.10 Å². The Morgan fingerprint density at radius 1 is 1.26 bits per heavy atom. The van der Waals surface area contributed by atoms with E-state index < -0.39 is 5.54 Å². The van der Waals surface area contributed by atoms with Gasteiger partial charge in [0.2, 0.25) is 5.91 Å². The summed E-state index contributed by atoms with van der Waals surface area (Å²) in [6.07, 6.45) is 1.67. The van der Waals surface area contributed by atoms with Gasteiger partial charge in [-0.3, -0.25) is 19.2 Å². The summed E-state index contributed by atoms with van der Waals surface area (Å²) in [4.78, 5) is 29.0. The molecule has 0 fully saturated rings. The third-order valence-electron chi connectivity index (χ3n) is 6.03. The molecule has 0 bridgehead atoms. The summed E-state index contributed by atoms with van der Waals surface area (Å²) in [6, 6.07) is 9.73. The summed E-state index contributed by atoms with van der Waals surface area (Å²) in [5.41, 5.74) is 1.95. The highest BCUT2D eigenvalue weighted by atomic mass is 16.2. The lowest BCUT2D eigenvalue weighted by Crippen LogP contribution is -2.64. The monoisotopic (exact) mass is 424 g/mol. The second-order valence-electron chi connectivity index (χ2n) is 10.2. The fourth-order valence-corrected chi connectivity index (χ4v) is 4.02. The number of fused-ring (bicyclic) bond motifs is 1. The number of nitrogens with one attached hydrogen (secondary N) is 1. The lowest BCUT2D eigenvalue weighted by Gasteiger charge is -2.43. The fraction of sp³-hybridized carbons (Fsp3) is 0.560. The Bertz CT molecular complexity index is 970. The van der Waals surface area contributed by atoms with Crippen molar-refractivity contribution in [1.29, 1.82) is 0 Å². The standard InChI is InChI=1S/C25H36N4O2/c1-8-18-11-9-10-12-19(18)29-22(30)20-15-21(24(4,5)6)27-28(20)16-25(29,7)23(31)26-14-13-17(2)3/h9-12,15,17H,8,13-14,16H2,1-7H3,(H,26,31)/t25-/m1/s1. The number of aromatic nitrogens is 2. The predicted octanol–water partition coefficient (Wildman–Crippen LogP) is 4.32. The summed E-state index contributed by atoms with van der Waals surface area (Å²) >= 11 is 0. The van der Waals surface area contributed by atoms with Gasteiger partial charge in [-0.1, -0.05) is 59.7 Å². The molecule has 1 atom stereocenters. The van der Waals surface area contributed by atoms with Crippen LogP contribution >= 0.6 is 0 Å². The maximum Gasteiger partial charge on any atom is 0.277 e. The van der Waals surface area contributed by atoms with Crippen LogP contribution in [-0.4, -0.2) is 33.7 Å². The molecule has 0 saturated carbocycles. The number of hydrogen-bond donors (Lipinski definition) is 1. The Hall–Kier alpha value is -2.63. The quantitative estimate of drug-likeness (QED) is 0.751. The van der Waals surface area contributed by atoms with Gasteiger partial charge in [0.15, 0.2) is 0 Å². The summed E-state index contributed by atoms with van der Waals surface area (Å²) in [6.45, 7) is 15.3. The number of anilines is 1. The Morgan fingerprint density at radius 3 is 2.55 bits per heavy atom. The lowest BCUT2D eigenvalue weighted by molar-refractivity contribution is -0.126. The average molecular weight is 425 g/mol. The third-order valence-corrected chi connectivity index (χ3v) is 6.03. The van der Waals surface area contributed by atoms with Gasteiger partial charge in [-0.25, -0.2) is 0 Å². The number of rotatable bonds is 6. The minimum absolute atomic E-state index is 0.147. The molecule has 6 heteroatoms. The fourth-order valence-electron chi connectivity index (χ4n) is 4.02. The molecule has 6 nitrogen and oxygen atoms in total. The number of hydrogen-bond acceptors (Lipinski definition) is 3. The number of aryl methyl sites for hydroxylation is 1. The molecular weight excluding hydrogens is 388 g/mol. The van der Waals surface area contributed by atoms with Crippen molar-refractivity contribution in [1.82, 2.24) is 15.1 Å². The van der Waals surface area contributed by atoms with E-state index in [9.17, 15) is 9.59 Å². The summed E-state index contributed by atoms with van der Waals surface area (Å²) in [7, 11) is 0. The van der Waals surface area contributed by atoms with E-state index in [0.717, 1.165) is 29.8 Å². The molecule has 2 heterocycles. The Morgan fingerprint density at radius 2 is 1.94 bits per heavy atom. The maximum absolute atomic E-state index is 13.8. The SMILES string of the molecule is CCc1ccccc1N1C(=O)c2cc(C(C)(C)C)nn2C[C@]1(C)C(=O)NCCC(C)C. The van der Waals surface area contributed by atoms with Crippen LogP contribution in [0.2, 0.25) is 0 Å². The largest absolute Gasteiger partial charge is 0.354 e. The number of carbonyl (C=O) groups excluding carboxylic acids is 2. The maximum atomic E-state index is 13.8. The highest BCUT2D eigenvalue weighted by molar-refractivity contribution is 6.12. The van der Waals surface area contributed by atoms with Crippen LogP contribution in [0.1, 0.15) is 76.6 Å². The van der Waals surface area contributed by atoms with Gasteiger partial charge in [0.1, 0.15) is 11.2 Å². The van der Waals surface area contributed by atoms with Crippen molar-refractivity contribution in [3.63, 3.8) is 0 Å². The Balaban J connectivity index is 2.10. The van der Waals surface area contributed by atoms with Gasteiger partial charge in [-0.05, 0) is 43.4 Å². The van der Waals surface area contributed by atoms with Gasteiger partial charge >= 0.3 is 0 Å². The van der Waals surface area contributed by atoms with Crippen molar-refractivity contribution < 1.29 is 9.59 Å². The molecule has 0 unspecified atom stereocenters. The van der Waals surface area contributed by atoms with E-state index >= 15 is 0 Å². The zero-order valence-electron chi connectivity index (χ0n) is 20.0. The van der Waals surface area contributed by atoms with Crippen molar-refractivity contribution in [2.75, 3.05) is 11.4 Å². The van der Waals surface area contributed by atoms with Crippen LogP contribution in [0.3, 0.4) is 0 Å². The summed E-state index contributed by atoms with van der Waals surface area (Å²) in [5, 5.41) is 7.79. The molecule has 0 spiro atoms. The second-order valence-corrected chi connectivity index (χ2v) is 10.2. The Labute approximate surface area is 186 Å². The van der Waals surface area contributed by atoms with Crippen LogP contribution in [-0.2, 0) is 23.2 Å². The number of carbonyl (C=O) groups is 2. The first kappa shape index (κ1) is 23.0. The first-order chi connectivity index (χ1) is 14.5. The molecule has 1 aromatic carbocycles. The topological polar surface area (TPSA) is 67.2 Å². The number of amides is 2. The van der Waals surface area contributed by atoms with E-state index in [1.54, 1.807) is 9.58 Å². The number of para-hydroxylation sites is 1. The van der Waals surface area contributed by atoms with E-state index in [1.165, 1.54) is 0 Å². The number of nitrogens with zero attached hydrogens (tertiary/aromatic N) is 3. The molecule has 2 aromatic rings. The molecule has 1 aliphatic heterocycles. The van der Waals surface area contributed by atoms with E-state index in [0.29, 0.717) is 24.7 Å². The summed E-state index contributed by atoms with van der Waals surface area (Å²) in [5.74, 6) is 0.160. The van der Waals surface area contributed by atoms with E-state index in [1.807, 2.05) is 37.3 Å². The van der Waals surface area contributed by atoms with E-state index in [2.05, 4.69) is 46.9 Å². The highest BCUT2D eigenvalue weighted by Crippen LogP contribution is 2.36. The highest BCUT2D eigenvalue weighted by Gasteiger charge is 2.49. The first-order valence-corrected chi connectivity index (χ1v) is 11.3. The number of benzene rings is 1. The molecule has 2 amide bonds. The smallest absolute Gasteiger partial charge is 0.277 e. The molecule has 1 aliphatic rings.